The van der Waals surface area contributed by atoms with Crippen LogP contribution < -0.4 is 0 Å². The van der Waals surface area contributed by atoms with Crippen LogP contribution in [-0.2, 0) is 0 Å². The number of nitro benzene ring substituents is 1. The molecule has 0 aliphatic heterocycles. The van der Waals surface area contributed by atoms with Crippen LogP contribution in [0.15, 0.2) is 29.2 Å². The van der Waals surface area contributed by atoms with Gasteiger partial charge in [-0.3, -0.25) is 10.1 Å². The van der Waals surface area contributed by atoms with Gasteiger partial charge >= 0.3 is 0 Å². The van der Waals surface area contributed by atoms with Crippen LogP contribution >= 0.6 is 11.8 Å². The van der Waals surface area contributed by atoms with Crippen molar-refractivity contribution in [2.24, 2.45) is 0 Å². The molecule has 0 aliphatic carbocycles. The third-order valence-corrected chi connectivity index (χ3v) is 2.13. The van der Waals surface area contributed by atoms with Gasteiger partial charge in [-0.2, -0.15) is 0 Å². The molecule has 0 atom stereocenters. The van der Waals surface area contributed by atoms with E-state index in [-0.39, 0.29) is 5.69 Å². The van der Waals surface area contributed by atoms with Crippen LogP contribution in [0.25, 0.3) is 0 Å². The van der Waals surface area contributed by atoms with E-state index in [9.17, 15) is 10.1 Å². The molecule has 0 heterocycles. The van der Waals surface area contributed by atoms with Gasteiger partial charge in [0.25, 0.3) is 5.69 Å². The molecule has 3 nitrogen and oxygen atoms in total. The van der Waals surface area contributed by atoms with Crippen molar-refractivity contribution in [2.45, 2.75) is 4.90 Å². The predicted octanol–water partition coefficient (Wildman–Crippen LogP) is 2.52. The summed E-state index contributed by atoms with van der Waals surface area (Å²) in [5.74, 6) is 0.734. The Morgan fingerprint density at radius 2 is 2.00 bits per heavy atom. The summed E-state index contributed by atoms with van der Waals surface area (Å²) in [5, 5.41) is 10.3. The molecule has 0 amide bonds. The number of thioether (sulfide) groups is 1. The monoisotopic (exact) mass is 182 g/mol. The second kappa shape index (κ2) is 4.11. The van der Waals surface area contributed by atoms with Crippen molar-refractivity contribution in [3.63, 3.8) is 0 Å². The highest BCUT2D eigenvalue weighted by atomic mass is 32.2. The molecular weight excluding hydrogens is 174 g/mol. The van der Waals surface area contributed by atoms with Gasteiger partial charge in [-0.25, -0.2) is 0 Å². The van der Waals surface area contributed by atoms with Gasteiger partial charge in [-0.05, 0) is 24.8 Å². The maximum Gasteiger partial charge on any atom is 0.269 e. The fourth-order valence-corrected chi connectivity index (χ4v) is 1.35. The van der Waals surface area contributed by atoms with Crippen molar-refractivity contribution in [2.75, 3.05) is 5.75 Å². The lowest BCUT2D eigenvalue weighted by atomic mass is 10.3. The fourth-order valence-electron chi connectivity index (χ4n) is 0.782. The third-order valence-electron chi connectivity index (χ3n) is 1.32. The van der Waals surface area contributed by atoms with Gasteiger partial charge in [0.05, 0.1) is 4.92 Å². The van der Waals surface area contributed by atoms with Gasteiger partial charge in [0.1, 0.15) is 0 Å². The highest BCUT2D eigenvalue weighted by Gasteiger charge is 2.02. The smallest absolute Gasteiger partial charge is 0.258 e. The summed E-state index contributed by atoms with van der Waals surface area (Å²) < 4.78 is 0. The number of hydrogen-bond donors (Lipinski definition) is 0. The molecule has 0 aliphatic rings. The third kappa shape index (κ3) is 2.23. The second-order valence-corrected chi connectivity index (χ2v) is 3.27. The minimum Gasteiger partial charge on any atom is -0.258 e. The molecule has 0 fully saturated rings. The predicted molar refractivity (Wildman–Crippen MR) is 49.2 cm³/mol. The Hall–Kier alpha value is -1.03. The summed E-state index contributed by atoms with van der Waals surface area (Å²) in [7, 11) is 0. The summed E-state index contributed by atoms with van der Waals surface area (Å²) in [6.45, 7) is 3.67. The molecule has 63 valence electrons. The van der Waals surface area contributed by atoms with Crippen molar-refractivity contribution in [1.29, 1.82) is 0 Å². The van der Waals surface area contributed by atoms with Crippen LogP contribution in [-0.4, -0.2) is 10.7 Å². The molecule has 0 saturated carbocycles. The molecule has 1 aromatic carbocycles. The zero-order valence-corrected chi connectivity index (χ0v) is 7.21. The Kier molecular flexibility index (Phi) is 3.10. The Bertz CT molecular complexity index is 271. The van der Waals surface area contributed by atoms with E-state index in [4.69, 9.17) is 0 Å². The zero-order valence-electron chi connectivity index (χ0n) is 6.40. The van der Waals surface area contributed by atoms with Gasteiger partial charge in [-0.1, -0.05) is 0 Å². The van der Waals surface area contributed by atoms with Gasteiger partial charge in [0, 0.05) is 17.0 Å². The van der Waals surface area contributed by atoms with Crippen LogP contribution in [0.2, 0.25) is 0 Å². The number of rotatable bonds is 3. The molecule has 1 radical (unpaired) electrons. The lowest BCUT2D eigenvalue weighted by Crippen LogP contribution is -1.86. The normalized spacial score (nSPS) is 9.75. The minimum atomic E-state index is -0.404. The zero-order chi connectivity index (χ0) is 8.97. The molecule has 0 unspecified atom stereocenters. The lowest BCUT2D eigenvalue weighted by Gasteiger charge is -1.95. The van der Waals surface area contributed by atoms with E-state index < -0.39 is 4.92 Å². The maximum absolute atomic E-state index is 10.3. The van der Waals surface area contributed by atoms with Gasteiger partial charge in [-0.15, -0.1) is 11.8 Å². The van der Waals surface area contributed by atoms with Gasteiger partial charge in [0.2, 0.25) is 0 Å². The highest BCUT2D eigenvalue weighted by molar-refractivity contribution is 7.99. The van der Waals surface area contributed by atoms with E-state index in [2.05, 4.69) is 6.92 Å². The summed E-state index contributed by atoms with van der Waals surface area (Å²) in [6.07, 6.45) is 0. The van der Waals surface area contributed by atoms with Crippen LogP contribution in [0, 0.1) is 17.0 Å². The number of nitrogens with zero attached hydrogens (tertiary/aromatic N) is 1. The Morgan fingerprint density at radius 3 is 2.42 bits per heavy atom. The van der Waals surface area contributed by atoms with Crippen molar-refractivity contribution < 1.29 is 4.92 Å². The van der Waals surface area contributed by atoms with Crippen molar-refractivity contribution >= 4 is 17.4 Å². The van der Waals surface area contributed by atoms with Crippen molar-refractivity contribution in [3.8, 4) is 0 Å². The average molecular weight is 182 g/mol. The Morgan fingerprint density at radius 1 is 1.42 bits per heavy atom. The van der Waals surface area contributed by atoms with E-state index in [1.165, 1.54) is 12.1 Å². The van der Waals surface area contributed by atoms with E-state index in [1.807, 2.05) is 0 Å². The molecule has 1 aromatic rings. The molecule has 0 bridgehead atoms. The first-order valence-electron chi connectivity index (χ1n) is 3.40. The second-order valence-electron chi connectivity index (χ2n) is 2.10. The van der Waals surface area contributed by atoms with Crippen LogP contribution in [0.1, 0.15) is 0 Å². The standard InChI is InChI=1S/C8H8NO2S/c1-2-12-8-5-3-7(4-6-8)9(10)11/h3-6H,1-2H2. The van der Waals surface area contributed by atoms with Crippen molar-refractivity contribution in [1.82, 2.24) is 0 Å². The molecule has 1 rings (SSSR count). The summed E-state index contributed by atoms with van der Waals surface area (Å²) in [6, 6.07) is 6.46. The van der Waals surface area contributed by atoms with Gasteiger partial charge in [0.15, 0.2) is 0 Å². The number of nitro groups is 1. The molecule has 0 saturated heterocycles. The first-order valence-corrected chi connectivity index (χ1v) is 4.39. The average Bonchev–Trinajstić information content (AvgIpc) is 2.06. The van der Waals surface area contributed by atoms with Crippen LogP contribution in [0.4, 0.5) is 5.69 Å². The summed E-state index contributed by atoms with van der Waals surface area (Å²) in [4.78, 5) is 10.9. The molecule has 4 heteroatoms. The highest BCUT2D eigenvalue weighted by Crippen LogP contribution is 2.20. The molecule has 0 N–H and O–H groups in total. The van der Waals surface area contributed by atoms with E-state index in [0.717, 1.165) is 10.6 Å². The topological polar surface area (TPSA) is 43.1 Å². The lowest BCUT2D eigenvalue weighted by molar-refractivity contribution is -0.384. The van der Waals surface area contributed by atoms with Crippen LogP contribution in [0.5, 0.6) is 0 Å². The first kappa shape index (κ1) is 9.06. The van der Waals surface area contributed by atoms with Gasteiger partial charge < -0.3 is 0 Å². The van der Waals surface area contributed by atoms with E-state index in [1.54, 1.807) is 23.9 Å². The SMILES string of the molecule is [CH2]CSc1ccc([N+](=O)[O-])cc1. The largest absolute Gasteiger partial charge is 0.269 e. The molecule has 12 heavy (non-hydrogen) atoms. The molecular formula is C8H8NO2S. The minimum absolute atomic E-state index is 0.128. The quantitative estimate of drug-likeness (QED) is 0.410. The first-order chi connectivity index (χ1) is 5.74. The van der Waals surface area contributed by atoms with Crippen molar-refractivity contribution in [3.05, 3.63) is 41.3 Å². The maximum atomic E-state index is 10.3. The number of non-ortho nitro benzene ring substituents is 1. The van der Waals surface area contributed by atoms with E-state index in [0.29, 0.717) is 0 Å². The Balaban J connectivity index is 2.78. The van der Waals surface area contributed by atoms with E-state index >= 15 is 0 Å². The summed E-state index contributed by atoms with van der Waals surface area (Å²) in [5.41, 5.74) is 0.128. The molecule has 0 aromatic heterocycles. The number of hydrogen-bond acceptors (Lipinski definition) is 3. The fraction of sp³-hybridized carbons (Fsp3) is 0.125. The Labute approximate surface area is 74.9 Å². The van der Waals surface area contributed by atoms with Crippen LogP contribution in [0.3, 0.4) is 0 Å². The molecule has 0 spiro atoms. The number of benzene rings is 1. The summed E-state index contributed by atoms with van der Waals surface area (Å²) >= 11 is 1.56.